The maximum Gasteiger partial charge on any atom is 0.0409 e. The van der Waals surface area contributed by atoms with Crippen LogP contribution in [0.3, 0.4) is 0 Å². The fourth-order valence-electron chi connectivity index (χ4n) is 4.13. The molecule has 1 N–H and O–H groups in total. The lowest BCUT2D eigenvalue weighted by atomic mass is 9.57. The number of nitrogens with one attached hydrogen (secondary N) is 1. The molecule has 1 unspecified atom stereocenters. The summed E-state index contributed by atoms with van der Waals surface area (Å²) in [6.07, 6.45) is 5.59. The largest absolute Gasteiger partial charge is 0.358 e. The van der Waals surface area contributed by atoms with E-state index in [2.05, 4.69) is 88.3 Å². The molecule has 3 rings (SSSR count). The first-order valence-corrected chi connectivity index (χ1v) is 9.63. The van der Waals surface area contributed by atoms with Gasteiger partial charge in [0, 0.05) is 41.1 Å². The van der Waals surface area contributed by atoms with Gasteiger partial charge in [0.1, 0.15) is 0 Å². The van der Waals surface area contributed by atoms with Crippen LogP contribution in [0.5, 0.6) is 0 Å². The molecule has 1 atom stereocenters. The summed E-state index contributed by atoms with van der Waals surface area (Å²) in [4.78, 5) is 4.39. The van der Waals surface area contributed by atoms with Crippen LogP contribution in [0.4, 0.5) is 0 Å². The molecule has 138 valence electrons. The quantitative estimate of drug-likeness (QED) is 0.652. The molecule has 0 spiro atoms. The van der Waals surface area contributed by atoms with Gasteiger partial charge in [0.15, 0.2) is 0 Å². The van der Waals surface area contributed by atoms with Crippen LogP contribution in [-0.4, -0.2) is 13.3 Å². The first-order chi connectivity index (χ1) is 12.2. The lowest BCUT2D eigenvalue weighted by Gasteiger charge is -2.53. The first kappa shape index (κ1) is 18.7. The maximum absolute atomic E-state index is 4.39. The van der Waals surface area contributed by atoms with E-state index in [4.69, 9.17) is 0 Å². The van der Waals surface area contributed by atoms with Crippen molar-refractivity contribution >= 4 is 11.8 Å². The zero-order valence-corrected chi connectivity index (χ0v) is 17.3. The van der Waals surface area contributed by atoms with E-state index in [1.165, 1.54) is 33.7 Å². The summed E-state index contributed by atoms with van der Waals surface area (Å²) >= 11 is 0. The average Bonchev–Trinajstić information content (AvgIpc) is 2.60. The fourth-order valence-corrected chi connectivity index (χ4v) is 4.13. The van der Waals surface area contributed by atoms with Gasteiger partial charge in [-0.05, 0) is 36.0 Å². The van der Waals surface area contributed by atoms with Crippen LogP contribution in [0.2, 0.25) is 0 Å². The standard InChI is InChI=1S/C24H32N2/c1-16-13-14-20-21(17(16)2)26-22(24(5,6)23(20,3)4)19(15-25-7)18-11-9-8-10-12-18/h8-12,14-16,26H,13H2,1-7H3/b22-19+,25-15?. The molecule has 1 aliphatic heterocycles. The summed E-state index contributed by atoms with van der Waals surface area (Å²) in [5, 5.41) is 3.86. The molecular formula is C24H32N2. The molecule has 1 saturated heterocycles. The molecule has 2 aliphatic rings. The molecule has 1 heterocycles. The third-order valence-electron chi connectivity index (χ3n) is 6.80. The average molecular weight is 349 g/mol. The van der Waals surface area contributed by atoms with Crippen LogP contribution in [0, 0.1) is 16.7 Å². The Morgan fingerprint density at radius 2 is 1.77 bits per heavy atom. The number of hydrogen-bond acceptors (Lipinski definition) is 2. The lowest BCUT2D eigenvalue weighted by Crippen LogP contribution is -2.48. The summed E-state index contributed by atoms with van der Waals surface area (Å²) < 4.78 is 0. The van der Waals surface area contributed by atoms with E-state index in [0.29, 0.717) is 5.92 Å². The summed E-state index contributed by atoms with van der Waals surface area (Å²) in [6, 6.07) is 10.6. The fraction of sp³-hybridized carbons (Fsp3) is 0.458. The second-order valence-electron chi connectivity index (χ2n) is 8.73. The molecule has 0 aromatic heterocycles. The van der Waals surface area contributed by atoms with Crippen LogP contribution in [-0.2, 0) is 0 Å². The predicted molar refractivity (Wildman–Crippen MR) is 113 cm³/mol. The van der Waals surface area contributed by atoms with Gasteiger partial charge in [0.05, 0.1) is 0 Å². The van der Waals surface area contributed by atoms with Gasteiger partial charge in [-0.3, -0.25) is 4.99 Å². The van der Waals surface area contributed by atoms with Gasteiger partial charge in [-0.15, -0.1) is 0 Å². The topological polar surface area (TPSA) is 24.4 Å². The highest BCUT2D eigenvalue weighted by atomic mass is 15.0. The van der Waals surface area contributed by atoms with Crippen molar-refractivity contribution in [3.63, 3.8) is 0 Å². The number of hydrogen-bond donors (Lipinski definition) is 1. The zero-order valence-electron chi connectivity index (χ0n) is 17.3. The van der Waals surface area contributed by atoms with Gasteiger partial charge in [0.2, 0.25) is 0 Å². The Balaban J connectivity index is 2.29. The summed E-state index contributed by atoms with van der Waals surface area (Å²) in [5.41, 5.74) is 7.89. The van der Waals surface area contributed by atoms with Gasteiger partial charge >= 0.3 is 0 Å². The minimum absolute atomic E-state index is 0.0337. The van der Waals surface area contributed by atoms with Crippen molar-refractivity contribution in [1.29, 1.82) is 0 Å². The number of aliphatic imine (C=N–C) groups is 1. The minimum atomic E-state index is -0.0461. The summed E-state index contributed by atoms with van der Waals surface area (Å²) in [5.74, 6) is 0.583. The van der Waals surface area contributed by atoms with E-state index in [-0.39, 0.29) is 10.8 Å². The van der Waals surface area contributed by atoms with Crippen molar-refractivity contribution < 1.29 is 0 Å². The van der Waals surface area contributed by atoms with Gasteiger partial charge in [-0.25, -0.2) is 0 Å². The van der Waals surface area contributed by atoms with E-state index in [9.17, 15) is 0 Å². The Hall–Kier alpha value is -2.09. The number of benzene rings is 1. The predicted octanol–water partition coefficient (Wildman–Crippen LogP) is 5.99. The van der Waals surface area contributed by atoms with E-state index < -0.39 is 0 Å². The zero-order chi connectivity index (χ0) is 19.1. The van der Waals surface area contributed by atoms with Crippen molar-refractivity contribution in [2.45, 2.75) is 48.0 Å². The summed E-state index contributed by atoms with van der Waals surface area (Å²) in [6.45, 7) is 14.1. The monoisotopic (exact) mass is 348 g/mol. The normalized spacial score (nSPS) is 26.3. The number of allylic oxidation sites excluding steroid dienone is 5. The number of fused-ring (bicyclic) bond motifs is 1. The third-order valence-corrected chi connectivity index (χ3v) is 6.80. The maximum atomic E-state index is 4.39. The van der Waals surface area contributed by atoms with Crippen LogP contribution < -0.4 is 5.32 Å². The van der Waals surface area contributed by atoms with Crippen molar-refractivity contribution in [2.24, 2.45) is 21.7 Å². The van der Waals surface area contributed by atoms with Crippen LogP contribution in [0.25, 0.3) is 5.57 Å². The highest BCUT2D eigenvalue weighted by Gasteiger charge is 2.49. The molecule has 26 heavy (non-hydrogen) atoms. The second kappa shape index (κ2) is 6.57. The Kier molecular flexibility index (Phi) is 4.72. The lowest BCUT2D eigenvalue weighted by molar-refractivity contribution is 0.173. The Bertz CT molecular complexity index is 817. The number of nitrogens with zero attached hydrogens (tertiary/aromatic N) is 1. The van der Waals surface area contributed by atoms with Crippen LogP contribution >= 0.6 is 0 Å². The molecule has 0 saturated carbocycles. The highest BCUT2D eigenvalue weighted by molar-refractivity contribution is 6.11. The molecule has 1 aromatic carbocycles. The number of piperidine rings is 1. The van der Waals surface area contributed by atoms with E-state index in [0.717, 1.165) is 6.42 Å². The number of rotatable bonds is 2. The van der Waals surface area contributed by atoms with Crippen molar-refractivity contribution in [1.82, 2.24) is 5.32 Å². The molecule has 1 fully saturated rings. The van der Waals surface area contributed by atoms with Gasteiger partial charge in [-0.1, -0.05) is 71.0 Å². The highest BCUT2D eigenvalue weighted by Crippen LogP contribution is 2.56. The van der Waals surface area contributed by atoms with Gasteiger partial charge in [0.25, 0.3) is 0 Å². The van der Waals surface area contributed by atoms with E-state index in [1.807, 2.05) is 13.3 Å². The van der Waals surface area contributed by atoms with Gasteiger partial charge < -0.3 is 5.32 Å². The van der Waals surface area contributed by atoms with E-state index >= 15 is 0 Å². The molecular weight excluding hydrogens is 316 g/mol. The second-order valence-corrected chi connectivity index (χ2v) is 8.73. The van der Waals surface area contributed by atoms with Crippen molar-refractivity contribution in [3.05, 3.63) is 64.5 Å². The molecule has 0 bridgehead atoms. The molecule has 2 heteroatoms. The first-order valence-electron chi connectivity index (χ1n) is 9.63. The molecule has 2 nitrogen and oxygen atoms in total. The van der Waals surface area contributed by atoms with Crippen LogP contribution in [0.15, 0.2) is 63.9 Å². The van der Waals surface area contributed by atoms with Crippen molar-refractivity contribution in [3.8, 4) is 0 Å². The van der Waals surface area contributed by atoms with E-state index in [1.54, 1.807) is 0 Å². The molecule has 1 aromatic rings. The Morgan fingerprint density at radius 3 is 2.38 bits per heavy atom. The molecule has 0 amide bonds. The molecule has 1 aliphatic carbocycles. The smallest absolute Gasteiger partial charge is 0.0409 e. The SMILES string of the molecule is CN=C/C(=C1\NC2=C(C)C(C)CC=C2C(C)(C)C1(C)C)c1ccccc1. The Labute approximate surface area is 158 Å². The molecule has 0 radical (unpaired) electrons. The summed E-state index contributed by atoms with van der Waals surface area (Å²) in [7, 11) is 1.85. The van der Waals surface area contributed by atoms with Gasteiger partial charge in [-0.2, -0.15) is 0 Å². The minimum Gasteiger partial charge on any atom is -0.358 e. The third kappa shape index (κ3) is 2.76. The van der Waals surface area contributed by atoms with Crippen molar-refractivity contribution in [2.75, 3.05) is 7.05 Å². The van der Waals surface area contributed by atoms with Crippen LogP contribution in [0.1, 0.15) is 53.5 Å². The Morgan fingerprint density at radius 1 is 1.12 bits per heavy atom.